The van der Waals surface area contributed by atoms with E-state index in [1.165, 1.54) is 29.5 Å². The minimum Gasteiger partial charge on any atom is -0.462 e. The van der Waals surface area contributed by atoms with Gasteiger partial charge in [-0.3, -0.25) is 4.79 Å². The lowest BCUT2D eigenvalue weighted by molar-refractivity contribution is -0.111. The molecule has 0 aliphatic heterocycles. The molecule has 0 fully saturated rings. The van der Waals surface area contributed by atoms with Gasteiger partial charge in [-0.15, -0.1) is 11.3 Å². The molecule has 0 aliphatic rings. The van der Waals surface area contributed by atoms with E-state index in [2.05, 4.69) is 5.32 Å². The van der Waals surface area contributed by atoms with Crippen LogP contribution in [0.3, 0.4) is 0 Å². The van der Waals surface area contributed by atoms with E-state index in [9.17, 15) is 14.0 Å². The van der Waals surface area contributed by atoms with E-state index in [1.807, 2.05) is 0 Å². The fraction of sp³-hybridized carbons (Fsp3) is 0.125. The first-order valence-corrected chi connectivity index (χ1v) is 7.47. The van der Waals surface area contributed by atoms with Gasteiger partial charge >= 0.3 is 5.97 Å². The summed E-state index contributed by atoms with van der Waals surface area (Å²) in [6.07, 6.45) is 2.88. The molecular formula is C16H14FNO3S. The van der Waals surface area contributed by atoms with E-state index in [4.69, 9.17) is 4.74 Å². The smallest absolute Gasteiger partial charge is 0.341 e. The molecule has 22 heavy (non-hydrogen) atoms. The Balaban J connectivity index is 2.02. The molecule has 1 aromatic carbocycles. The quantitative estimate of drug-likeness (QED) is 0.675. The summed E-state index contributed by atoms with van der Waals surface area (Å²) in [6.45, 7) is 1.99. The molecule has 0 saturated heterocycles. The minimum atomic E-state index is -0.471. The number of anilines is 1. The Hall–Kier alpha value is -2.47. The zero-order chi connectivity index (χ0) is 15.9. The van der Waals surface area contributed by atoms with Crippen molar-refractivity contribution in [3.63, 3.8) is 0 Å². The minimum absolute atomic E-state index is 0.270. The molecule has 6 heteroatoms. The van der Waals surface area contributed by atoms with Crippen LogP contribution in [0.25, 0.3) is 6.08 Å². The maximum absolute atomic E-state index is 12.8. The normalized spacial score (nSPS) is 10.6. The number of thiophene rings is 1. The summed E-state index contributed by atoms with van der Waals surface area (Å²) in [7, 11) is 0. The van der Waals surface area contributed by atoms with Gasteiger partial charge in [-0.05, 0) is 42.1 Å². The highest BCUT2D eigenvalue weighted by molar-refractivity contribution is 7.14. The first-order chi connectivity index (χ1) is 10.6. The summed E-state index contributed by atoms with van der Waals surface area (Å²) in [5.41, 5.74) is 1.03. The molecule has 0 atom stereocenters. The molecule has 1 aromatic heterocycles. The van der Waals surface area contributed by atoms with Crippen molar-refractivity contribution in [2.24, 2.45) is 0 Å². The van der Waals surface area contributed by atoms with Crippen LogP contribution in [-0.2, 0) is 9.53 Å². The molecule has 2 aromatic rings. The Morgan fingerprint density at radius 3 is 2.68 bits per heavy atom. The van der Waals surface area contributed by atoms with Crippen molar-refractivity contribution in [3.8, 4) is 0 Å². The third kappa shape index (κ3) is 4.26. The van der Waals surface area contributed by atoms with Gasteiger partial charge in [-0.1, -0.05) is 12.1 Å². The number of esters is 1. The van der Waals surface area contributed by atoms with Crippen LogP contribution in [-0.4, -0.2) is 18.5 Å². The van der Waals surface area contributed by atoms with E-state index in [-0.39, 0.29) is 18.3 Å². The monoisotopic (exact) mass is 319 g/mol. The summed E-state index contributed by atoms with van der Waals surface area (Å²) in [6, 6.07) is 7.36. The van der Waals surface area contributed by atoms with Gasteiger partial charge in [0.15, 0.2) is 0 Å². The maximum atomic E-state index is 12.8. The zero-order valence-electron chi connectivity index (χ0n) is 11.8. The van der Waals surface area contributed by atoms with E-state index >= 15 is 0 Å². The van der Waals surface area contributed by atoms with Crippen LogP contribution >= 0.6 is 11.3 Å². The number of carbonyl (C=O) groups excluding carboxylic acids is 2. The maximum Gasteiger partial charge on any atom is 0.341 e. The van der Waals surface area contributed by atoms with Gasteiger partial charge < -0.3 is 10.1 Å². The molecule has 0 bridgehead atoms. The molecule has 1 heterocycles. The topological polar surface area (TPSA) is 55.4 Å². The Labute approximate surface area is 131 Å². The molecule has 0 radical (unpaired) electrons. The van der Waals surface area contributed by atoms with Crippen LogP contribution in [0.5, 0.6) is 0 Å². The van der Waals surface area contributed by atoms with Crippen molar-refractivity contribution in [1.29, 1.82) is 0 Å². The number of nitrogens with one attached hydrogen (secondary N) is 1. The molecule has 0 spiro atoms. The van der Waals surface area contributed by atoms with Crippen molar-refractivity contribution in [2.45, 2.75) is 6.92 Å². The summed E-state index contributed by atoms with van der Waals surface area (Å²) in [5.74, 6) is -1.18. The van der Waals surface area contributed by atoms with Gasteiger partial charge in [0.25, 0.3) is 0 Å². The van der Waals surface area contributed by atoms with Crippen molar-refractivity contribution in [2.75, 3.05) is 11.9 Å². The van der Waals surface area contributed by atoms with Crippen molar-refractivity contribution in [3.05, 3.63) is 58.7 Å². The second-order valence-corrected chi connectivity index (χ2v) is 5.17. The van der Waals surface area contributed by atoms with E-state index in [0.717, 1.165) is 0 Å². The number of benzene rings is 1. The number of hydrogen-bond acceptors (Lipinski definition) is 4. The Morgan fingerprint density at radius 1 is 1.27 bits per heavy atom. The van der Waals surface area contributed by atoms with Gasteiger partial charge in [-0.2, -0.15) is 0 Å². The van der Waals surface area contributed by atoms with Crippen LogP contribution in [0.15, 0.2) is 41.8 Å². The molecular weight excluding hydrogens is 305 g/mol. The summed E-state index contributed by atoms with van der Waals surface area (Å²) >= 11 is 1.24. The average molecular weight is 319 g/mol. The molecule has 0 aliphatic carbocycles. The standard InChI is InChI=1S/C16H14FNO3S/c1-2-21-16(20)13-9-10-22-15(13)18-14(19)8-5-11-3-6-12(17)7-4-11/h3-10H,2H2,1H3,(H,18,19)/b8-5+. The van der Waals surface area contributed by atoms with Crippen molar-refractivity contribution in [1.82, 2.24) is 0 Å². The van der Waals surface area contributed by atoms with Crippen LogP contribution < -0.4 is 5.32 Å². The zero-order valence-corrected chi connectivity index (χ0v) is 12.7. The first kappa shape index (κ1) is 15.9. The van der Waals surface area contributed by atoms with Crippen molar-refractivity contribution >= 4 is 34.3 Å². The Morgan fingerprint density at radius 2 is 2.00 bits per heavy atom. The number of rotatable bonds is 5. The lowest BCUT2D eigenvalue weighted by Crippen LogP contribution is -2.11. The number of carbonyl (C=O) groups is 2. The van der Waals surface area contributed by atoms with E-state index in [0.29, 0.717) is 16.1 Å². The predicted molar refractivity (Wildman–Crippen MR) is 84.3 cm³/mol. The number of halogens is 1. The highest BCUT2D eigenvalue weighted by atomic mass is 32.1. The summed E-state index contributed by atoms with van der Waals surface area (Å²) < 4.78 is 17.7. The molecule has 2 rings (SSSR count). The molecule has 1 N–H and O–H groups in total. The highest BCUT2D eigenvalue weighted by Crippen LogP contribution is 2.24. The van der Waals surface area contributed by atoms with Crippen LogP contribution in [0, 0.1) is 5.82 Å². The van der Waals surface area contributed by atoms with Crippen LogP contribution in [0.4, 0.5) is 9.39 Å². The lowest BCUT2D eigenvalue weighted by atomic mass is 10.2. The van der Waals surface area contributed by atoms with Gasteiger partial charge in [0.1, 0.15) is 10.8 Å². The van der Waals surface area contributed by atoms with Gasteiger partial charge in [0.05, 0.1) is 12.2 Å². The number of amides is 1. The van der Waals surface area contributed by atoms with Gasteiger partial charge in [0.2, 0.25) is 5.91 Å². The van der Waals surface area contributed by atoms with Crippen LogP contribution in [0.1, 0.15) is 22.8 Å². The largest absolute Gasteiger partial charge is 0.462 e. The van der Waals surface area contributed by atoms with Crippen molar-refractivity contribution < 1.29 is 18.7 Å². The molecule has 1 amide bonds. The summed E-state index contributed by atoms with van der Waals surface area (Å²) in [5, 5.41) is 4.77. The van der Waals surface area contributed by atoms with E-state index < -0.39 is 5.97 Å². The predicted octanol–water partition coefficient (Wildman–Crippen LogP) is 3.72. The average Bonchev–Trinajstić information content (AvgIpc) is 2.95. The fourth-order valence-electron chi connectivity index (χ4n) is 1.68. The number of ether oxygens (including phenoxy) is 1. The first-order valence-electron chi connectivity index (χ1n) is 6.59. The van der Waals surface area contributed by atoms with Crippen LogP contribution in [0.2, 0.25) is 0 Å². The molecule has 0 saturated carbocycles. The van der Waals surface area contributed by atoms with Gasteiger partial charge in [0, 0.05) is 6.08 Å². The second-order valence-electron chi connectivity index (χ2n) is 4.26. The SMILES string of the molecule is CCOC(=O)c1ccsc1NC(=O)/C=C/c1ccc(F)cc1. The molecule has 4 nitrogen and oxygen atoms in total. The summed E-state index contributed by atoms with van der Waals surface area (Å²) in [4.78, 5) is 23.6. The fourth-order valence-corrected chi connectivity index (χ4v) is 2.45. The molecule has 0 unspecified atom stereocenters. The third-order valence-corrected chi connectivity index (χ3v) is 3.52. The highest BCUT2D eigenvalue weighted by Gasteiger charge is 2.14. The third-order valence-electron chi connectivity index (χ3n) is 2.69. The van der Waals surface area contributed by atoms with Gasteiger partial charge in [-0.25, -0.2) is 9.18 Å². The molecule has 114 valence electrons. The Kier molecular flexibility index (Phi) is 5.43. The Bertz CT molecular complexity index is 692. The lowest BCUT2D eigenvalue weighted by Gasteiger charge is -2.03. The van der Waals surface area contributed by atoms with E-state index in [1.54, 1.807) is 36.6 Å². The number of hydrogen-bond donors (Lipinski definition) is 1. The second kappa shape index (κ2) is 7.51.